The molecule has 0 aromatic heterocycles. The lowest BCUT2D eigenvalue weighted by Gasteiger charge is -2.19. The molecule has 6 heteroatoms. The van der Waals surface area contributed by atoms with Crippen molar-refractivity contribution >= 4 is 23.4 Å². The summed E-state index contributed by atoms with van der Waals surface area (Å²) >= 11 is 0. The highest BCUT2D eigenvalue weighted by Crippen LogP contribution is 2.22. The first-order chi connectivity index (χ1) is 11.0. The number of nitrogens with one attached hydrogen (secondary N) is 1. The van der Waals surface area contributed by atoms with Crippen LogP contribution in [0, 0.1) is 0 Å². The Morgan fingerprint density at radius 2 is 1.43 bits per heavy atom. The maximum atomic E-state index is 12.5. The summed E-state index contributed by atoms with van der Waals surface area (Å²) in [5.41, 5.74) is 4.07. The van der Waals surface area contributed by atoms with Crippen LogP contribution < -0.4 is 10.3 Å². The van der Waals surface area contributed by atoms with Crippen molar-refractivity contribution < 1.29 is 14.4 Å². The van der Waals surface area contributed by atoms with Crippen molar-refractivity contribution in [1.82, 2.24) is 10.4 Å². The summed E-state index contributed by atoms with van der Waals surface area (Å²) in [6.45, 7) is 0. The van der Waals surface area contributed by atoms with E-state index in [-0.39, 0.29) is 0 Å². The Morgan fingerprint density at radius 3 is 2.00 bits per heavy atom. The van der Waals surface area contributed by atoms with Gasteiger partial charge in [-0.15, -0.1) is 0 Å². The monoisotopic (exact) mass is 309 g/mol. The standard InChI is InChI=1S/C17H15N3O3/c1-19(2)14-10-6-5-9-13(14)15(21)18-20-16(22)11-7-3-4-8-12(11)17(20)23/h3-10H,1-2H3,(H,18,21). The Labute approximate surface area is 133 Å². The second kappa shape index (κ2) is 5.57. The third-order valence-corrected chi connectivity index (χ3v) is 3.64. The zero-order chi connectivity index (χ0) is 16.6. The van der Waals surface area contributed by atoms with Crippen molar-refractivity contribution in [2.24, 2.45) is 0 Å². The number of hydrogen-bond donors (Lipinski definition) is 1. The highest BCUT2D eigenvalue weighted by atomic mass is 16.2. The number of fused-ring (bicyclic) bond motifs is 1. The molecule has 1 aliphatic heterocycles. The first-order valence-corrected chi connectivity index (χ1v) is 7.06. The maximum absolute atomic E-state index is 12.5. The van der Waals surface area contributed by atoms with E-state index in [1.165, 1.54) is 0 Å². The fourth-order valence-corrected chi connectivity index (χ4v) is 2.51. The molecule has 1 N–H and O–H groups in total. The summed E-state index contributed by atoms with van der Waals surface area (Å²) in [7, 11) is 3.63. The lowest BCUT2D eigenvalue weighted by Crippen LogP contribution is -2.46. The number of carbonyl (C=O) groups is 3. The number of nitrogens with zero attached hydrogens (tertiary/aromatic N) is 2. The number of amides is 3. The molecule has 1 aliphatic rings. The summed E-state index contributed by atoms with van der Waals surface area (Å²) in [5.74, 6) is -1.56. The normalized spacial score (nSPS) is 13.0. The largest absolute Gasteiger partial charge is 0.377 e. The van der Waals surface area contributed by atoms with E-state index in [0.717, 1.165) is 5.01 Å². The van der Waals surface area contributed by atoms with Gasteiger partial charge in [-0.1, -0.05) is 24.3 Å². The molecule has 0 aliphatic carbocycles. The van der Waals surface area contributed by atoms with Gasteiger partial charge in [0, 0.05) is 19.8 Å². The van der Waals surface area contributed by atoms with Crippen LogP contribution in [0.15, 0.2) is 48.5 Å². The molecule has 116 valence electrons. The fourth-order valence-electron chi connectivity index (χ4n) is 2.51. The minimum Gasteiger partial charge on any atom is -0.377 e. The zero-order valence-electron chi connectivity index (χ0n) is 12.7. The van der Waals surface area contributed by atoms with E-state index in [1.807, 2.05) is 20.2 Å². The van der Waals surface area contributed by atoms with E-state index < -0.39 is 17.7 Å². The second-order valence-electron chi connectivity index (χ2n) is 5.34. The van der Waals surface area contributed by atoms with Crippen LogP contribution in [-0.4, -0.2) is 36.8 Å². The molecule has 3 amide bonds. The Morgan fingerprint density at radius 1 is 0.913 bits per heavy atom. The van der Waals surface area contributed by atoms with Crippen molar-refractivity contribution in [3.63, 3.8) is 0 Å². The molecule has 6 nitrogen and oxygen atoms in total. The maximum Gasteiger partial charge on any atom is 0.280 e. The molecule has 3 rings (SSSR count). The summed E-state index contributed by atoms with van der Waals surface area (Å²) in [4.78, 5) is 38.8. The number of hydrazine groups is 1. The molecule has 0 radical (unpaired) electrons. The van der Waals surface area contributed by atoms with Gasteiger partial charge in [0.1, 0.15) is 0 Å². The Bertz CT molecular complexity index is 779. The third kappa shape index (κ3) is 2.44. The van der Waals surface area contributed by atoms with Crippen LogP contribution >= 0.6 is 0 Å². The molecule has 23 heavy (non-hydrogen) atoms. The SMILES string of the molecule is CN(C)c1ccccc1C(=O)NN1C(=O)c2ccccc2C1=O. The van der Waals surface area contributed by atoms with Gasteiger partial charge in [-0.3, -0.25) is 19.8 Å². The smallest absolute Gasteiger partial charge is 0.280 e. The number of imide groups is 1. The van der Waals surface area contributed by atoms with Gasteiger partial charge >= 0.3 is 0 Å². The van der Waals surface area contributed by atoms with Gasteiger partial charge in [0.25, 0.3) is 17.7 Å². The molecular weight excluding hydrogens is 294 g/mol. The molecule has 0 fully saturated rings. The summed E-state index contributed by atoms with van der Waals surface area (Å²) in [6.07, 6.45) is 0. The van der Waals surface area contributed by atoms with E-state index in [0.29, 0.717) is 22.4 Å². The van der Waals surface area contributed by atoms with Gasteiger partial charge in [0.05, 0.1) is 16.7 Å². The predicted molar refractivity (Wildman–Crippen MR) is 85.2 cm³/mol. The Balaban J connectivity index is 1.88. The van der Waals surface area contributed by atoms with E-state index in [4.69, 9.17) is 0 Å². The van der Waals surface area contributed by atoms with Crippen molar-refractivity contribution in [2.45, 2.75) is 0 Å². The Hall–Kier alpha value is -3.15. The van der Waals surface area contributed by atoms with E-state index >= 15 is 0 Å². The minimum atomic E-state index is -0.527. The van der Waals surface area contributed by atoms with Crippen LogP contribution in [0.1, 0.15) is 31.1 Å². The van der Waals surface area contributed by atoms with Crippen LogP contribution in [0.5, 0.6) is 0 Å². The summed E-state index contributed by atoms with van der Waals surface area (Å²) < 4.78 is 0. The second-order valence-corrected chi connectivity index (χ2v) is 5.34. The van der Waals surface area contributed by atoms with E-state index in [1.54, 1.807) is 47.4 Å². The predicted octanol–water partition coefficient (Wildman–Crippen LogP) is 1.69. The van der Waals surface area contributed by atoms with Gasteiger partial charge in [-0.2, -0.15) is 5.01 Å². The fraction of sp³-hybridized carbons (Fsp3) is 0.118. The van der Waals surface area contributed by atoms with Crippen molar-refractivity contribution in [3.05, 3.63) is 65.2 Å². The van der Waals surface area contributed by atoms with Crippen molar-refractivity contribution in [1.29, 1.82) is 0 Å². The first kappa shape index (κ1) is 14.8. The highest BCUT2D eigenvalue weighted by molar-refractivity contribution is 6.22. The number of carbonyl (C=O) groups excluding carboxylic acids is 3. The molecule has 1 heterocycles. The number of hydrogen-bond acceptors (Lipinski definition) is 4. The number of benzene rings is 2. The van der Waals surface area contributed by atoms with E-state index in [9.17, 15) is 14.4 Å². The van der Waals surface area contributed by atoms with Crippen LogP contribution in [-0.2, 0) is 0 Å². The average molecular weight is 309 g/mol. The summed E-state index contributed by atoms with van der Waals surface area (Å²) in [6, 6.07) is 13.5. The average Bonchev–Trinajstić information content (AvgIpc) is 2.80. The van der Waals surface area contributed by atoms with Gasteiger partial charge < -0.3 is 4.90 Å². The molecule has 0 unspecified atom stereocenters. The Kier molecular flexibility index (Phi) is 3.57. The molecule has 0 saturated heterocycles. The third-order valence-electron chi connectivity index (χ3n) is 3.64. The van der Waals surface area contributed by atoms with Gasteiger partial charge in [-0.25, -0.2) is 0 Å². The van der Waals surface area contributed by atoms with Gasteiger partial charge in [0.15, 0.2) is 0 Å². The van der Waals surface area contributed by atoms with E-state index in [2.05, 4.69) is 5.43 Å². The van der Waals surface area contributed by atoms with Crippen molar-refractivity contribution in [2.75, 3.05) is 19.0 Å². The lowest BCUT2D eigenvalue weighted by atomic mass is 10.1. The lowest BCUT2D eigenvalue weighted by molar-refractivity contribution is 0.0518. The molecule has 0 atom stereocenters. The summed E-state index contributed by atoms with van der Waals surface area (Å²) in [5, 5.41) is 0.763. The first-order valence-electron chi connectivity index (χ1n) is 7.06. The molecular formula is C17H15N3O3. The van der Waals surface area contributed by atoms with Crippen LogP contribution in [0.3, 0.4) is 0 Å². The molecule has 0 saturated carbocycles. The molecule has 2 aromatic carbocycles. The van der Waals surface area contributed by atoms with Crippen LogP contribution in [0.25, 0.3) is 0 Å². The van der Waals surface area contributed by atoms with Crippen molar-refractivity contribution in [3.8, 4) is 0 Å². The van der Waals surface area contributed by atoms with Gasteiger partial charge in [-0.05, 0) is 24.3 Å². The molecule has 0 spiro atoms. The van der Waals surface area contributed by atoms with Gasteiger partial charge in [0.2, 0.25) is 0 Å². The topological polar surface area (TPSA) is 69.7 Å². The van der Waals surface area contributed by atoms with Crippen LogP contribution in [0.2, 0.25) is 0 Å². The van der Waals surface area contributed by atoms with Crippen LogP contribution in [0.4, 0.5) is 5.69 Å². The number of rotatable bonds is 3. The molecule has 2 aromatic rings. The zero-order valence-corrected chi connectivity index (χ0v) is 12.7. The minimum absolute atomic E-state index is 0.290. The number of anilines is 1. The number of para-hydroxylation sites is 1. The quantitative estimate of drug-likeness (QED) is 0.876. The molecule has 0 bridgehead atoms. The highest BCUT2D eigenvalue weighted by Gasteiger charge is 2.36.